The molecule has 0 bridgehead atoms. The summed E-state index contributed by atoms with van der Waals surface area (Å²) >= 11 is 0. The third kappa shape index (κ3) is 4.39. The highest BCUT2D eigenvalue weighted by Crippen LogP contribution is 2.25. The van der Waals surface area contributed by atoms with Gasteiger partial charge < -0.3 is 15.2 Å². The van der Waals surface area contributed by atoms with Crippen molar-refractivity contribution in [2.45, 2.75) is 38.6 Å². The van der Waals surface area contributed by atoms with E-state index in [-0.39, 0.29) is 5.56 Å². The minimum absolute atomic E-state index is 0.0349. The summed E-state index contributed by atoms with van der Waals surface area (Å²) in [6, 6.07) is 3.20. The second kappa shape index (κ2) is 6.75. The Morgan fingerprint density at radius 2 is 2.11 bits per heavy atom. The van der Waals surface area contributed by atoms with Crippen molar-refractivity contribution in [3.63, 3.8) is 0 Å². The van der Waals surface area contributed by atoms with Crippen LogP contribution in [0.15, 0.2) is 23.1 Å². The Morgan fingerprint density at radius 1 is 1.37 bits per heavy atom. The fraction of sp³-hybridized carbons (Fsp3) is 0.667. The molecular formula is C15H25N3O. The fourth-order valence-electron chi connectivity index (χ4n) is 2.96. The first-order valence-electron chi connectivity index (χ1n) is 7.29. The summed E-state index contributed by atoms with van der Waals surface area (Å²) in [4.78, 5) is 14.0. The van der Waals surface area contributed by atoms with Crippen molar-refractivity contribution in [2.75, 3.05) is 25.9 Å². The summed E-state index contributed by atoms with van der Waals surface area (Å²) in [5, 5.41) is 0. The maximum absolute atomic E-state index is 11.6. The first kappa shape index (κ1) is 14.1. The van der Waals surface area contributed by atoms with Crippen LogP contribution < -0.4 is 11.3 Å². The van der Waals surface area contributed by atoms with Crippen LogP contribution in [0.25, 0.3) is 0 Å². The monoisotopic (exact) mass is 263 g/mol. The summed E-state index contributed by atoms with van der Waals surface area (Å²) in [5.41, 5.74) is 6.38. The number of pyridine rings is 1. The van der Waals surface area contributed by atoms with Gasteiger partial charge in [0.15, 0.2) is 0 Å². The van der Waals surface area contributed by atoms with Crippen LogP contribution in [0.2, 0.25) is 0 Å². The molecule has 4 nitrogen and oxygen atoms in total. The molecule has 0 spiro atoms. The Balaban J connectivity index is 1.73. The van der Waals surface area contributed by atoms with E-state index in [1.165, 1.54) is 38.3 Å². The van der Waals surface area contributed by atoms with E-state index in [0.29, 0.717) is 5.69 Å². The molecule has 19 heavy (non-hydrogen) atoms. The van der Waals surface area contributed by atoms with Crippen LogP contribution in [0, 0.1) is 5.92 Å². The molecule has 0 aromatic carbocycles. The summed E-state index contributed by atoms with van der Waals surface area (Å²) in [7, 11) is 2.18. The lowest BCUT2D eigenvalue weighted by Gasteiger charge is -2.20. The quantitative estimate of drug-likeness (QED) is 0.853. The van der Waals surface area contributed by atoms with Gasteiger partial charge in [-0.15, -0.1) is 0 Å². The molecule has 1 fully saturated rings. The van der Waals surface area contributed by atoms with Crippen molar-refractivity contribution in [1.82, 2.24) is 9.47 Å². The second-order valence-electron chi connectivity index (χ2n) is 5.76. The van der Waals surface area contributed by atoms with E-state index >= 15 is 0 Å². The lowest BCUT2D eigenvalue weighted by Crippen LogP contribution is -2.27. The van der Waals surface area contributed by atoms with Gasteiger partial charge in [-0.05, 0) is 44.8 Å². The van der Waals surface area contributed by atoms with Gasteiger partial charge in [-0.2, -0.15) is 0 Å². The molecule has 1 saturated carbocycles. The van der Waals surface area contributed by atoms with Crippen LogP contribution >= 0.6 is 0 Å². The van der Waals surface area contributed by atoms with Gasteiger partial charge in [0.05, 0.1) is 0 Å². The number of anilines is 1. The normalized spacial score (nSPS) is 16.3. The molecule has 1 heterocycles. The Morgan fingerprint density at radius 3 is 2.84 bits per heavy atom. The highest BCUT2D eigenvalue weighted by molar-refractivity contribution is 5.33. The van der Waals surface area contributed by atoms with Gasteiger partial charge in [-0.3, -0.25) is 4.79 Å². The number of nitrogens with two attached hydrogens (primary N) is 1. The first-order chi connectivity index (χ1) is 9.15. The van der Waals surface area contributed by atoms with E-state index in [0.717, 1.165) is 25.4 Å². The predicted molar refractivity (Wildman–Crippen MR) is 79.2 cm³/mol. The van der Waals surface area contributed by atoms with E-state index < -0.39 is 0 Å². The second-order valence-corrected chi connectivity index (χ2v) is 5.76. The zero-order valence-corrected chi connectivity index (χ0v) is 11.8. The van der Waals surface area contributed by atoms with Gasteiger partial charge in [0.25, 0.3) is 5.56 Å². The van der Waals surface area contributed by atoms with E-state index in [4.69, 9.17) is 5.73 Å². The molecule has 2 rings (SSSR count). The highest BCUT2D eigenvalue weighted by Gasteiger charge is 2.16. The molecule has 0 atom stereocenters. The summed E-state index contributed by atoms with van der Waals surface area (Å²) in [6.45, 7) is 2.99. The van der Waals surface area contributed by atoms with Crippen molar-refractivity contribution in [1.29, 1.82) is 0 Å². The van der Waals surface area contributed by atoms with Gasteiger partial charge in [-0.25, -0.2) is 0 Å². The molecule has 4 heteroatoms. The van der Waals surface area contributed by atoms with Gasteiger partial charge in [0.2, 0.25) is 0 Å². The van der Waals surface area contributed by atoms with E-state index in [2.05, 4.69) is 11.9 Å². The van der Waals surface area contributed by atoms with Gasteiger partial charge >= 0.3 is 0 Å². The molecule has 1 aromatic rings. The average Bonchev–Trinajstić information content (AvgIpc) is 2.86. The fourth-order valence-corrected chi connectivity index (χ4v) is 2.96. The minimum Gasteiger partial charge on any atom is -0.398 e. The van der Waals surface area contributed by atoms with E-state index in [9.17, 15) is 4.79 Å². The lowest BCUT2D eigenvalue weighted by atomic mass is 10.1. The number of aryl methyl sites for hydroxylation is 1. The number of nitrogen functional groups attached to an aromatic ring is 1. The third-order valence-electron chi connectivity index (χ3n) is 3.99. The summed E-state index contributed by atoms with van der Waals surface area (Å²) in [5.74, 6) is 0.889. The molecule has 0 radical (unpaired) electrons. The maximum Gasteiger partial charge on any atom is 0.250 e. The van der Waals surface area contributed by atoms with Gasteiger partial charge in [0.1, 0.15) is 0 Å². The molecule has 1 aliphatic rings. The molecule has 0 unspecified atom stereocenters. The zero-order valence-electron chi connectivity index (χ0n) is 11.8. The Hall–Kier alpha value is -1.29. The number of hydrogen-bond acceptors (Lipinski definition) is 3. The molecule has 2 N–H and O–H groups in total. The molecule has 1 aromatic heterocycles. The van der Waals surface area contributed by atoms with Crippen molar-refractivity contribution < 1.29 is 0 Å². The van der Waals surface area contributed by atoms with Crippen LogP contribution in [0.1, 0.15) is 32.1 Å². The SMILES string of the molecule is CN(CCCn1cc(N)ccc1=O)CC1CCCC1. The Kier molecular flexibility index (Phi) is 5.02. The van der Waals surface area contributed by atoms with Crippen LogP contribution in [0.5, 0.6) is 0 Å². The number of rotatable bonds is 6. The average molecular weight is 263 g/mol. The molecule has 0 aliphatic heterocycles. The smallest absolute Gasteiger partial charge is 0.250 e. The third-order valence-corrected chi connectivity index (χ3v) is 3.99. The Bertz CT molecular complexity index is 449. The highest BCUT2D eigenvalue weighted by atomic mass is 16.1. The standard InChI is InChI=1S/C15H25N3O/c1-17(11-13-5-2-3-6-13)9-4-10-18-12-14(16)7-8-15(18)19/h7-8,12-13H,2-6,9-11,16H2,1H3. The van der Waals surface area contributed by atoms with Crippen molar-refractivity contribution >= 4 is 5.69 Å². The predicted octanol–water partition coefficient (Wildman–Crippen LogP) is 1.94. The van der Waals surface area contributed by atoms with Crippen LogP contribution in [0.4, 0.5) is 5.69 Å². The number of hydrogen-bond donors (Lipinski definition) is 1. The van der Waals surface area contributed by atoms with Crippen LogP contribution in [-0.2, 0) is 6.54 Å². The zero-order chi connectivity index (χ0) is 13.7. The largest absolute Gasteiger partial charge is 0.398 e. The van der Waals surface area contributed by atoms with Crippen molar-refractivity contribution in [3.05, 3.63) is 28.7 Å². The molecule has 0 amide bonds. The first-order valence-corrected chi connectivity index (χ1v) is 7.29. The summed E-state index contributed by atoms with van der Waals surface area (Å²) < 4.78 is 1.71. The van der Waals surface area contributed by atoms with Gasteiger partial charge in [-0.1, -0.05) is 12.8 Å². The van der Waals surface area contributed by atoms with Crippen LogP contribution in [-0.4, -0.2) is 29.6 Å². The van der Waals surface area contributed by atoms with Gasteiger partial charge in [0, 0.05) is 31.0 Å². The minimum atomic E-state index is 0.0349. The number of nitrogens with zero attached hydrogens (tertiary/aromatic N) is 2. The molecule has 0 saturated heterocycles. The summed E-state index contributed by atoms with van der Waals surface area (Å²) in [6.07, 6.45) is 8.30. The van der Waals surface area contributed by atoms with Crippen molar-refractivity contribution in [3.8, 4) is 0 Å². The van der Waals surface area contributed by atoms with Crippen LogP contribution in [0.3, 0.4) is 0 Å². The Labute approximate surface area is 115 Å². The van der Waals surface area contributed by atoms with E-state index in [1.807, 2.05) is 0 Å². The molecule has 1 aliphatic carbocycles. The molecular weight excluding hydrogens is 238 g/mol. The lowest BCUT2D eigenvalue weighted by molar-refractivity contribution is 0.270. The van der Waals surface area contributed by atoms with E-state index in [1.54, 1.807) is 16.8 Å². The molecule has 106 valence electrons. The van der Waals surface area contributed by atoms with Crippen molar-refractivity contribution in [2.24, 2.45) is 5.92 Å². The number of aromatic nitrogens is 1. The maximum atomic E-state index is 11.6. The topological polar surface area (TPSA) is 51.3 Å².